The number of nitrogens with one attached hydrogen (secondary N) is 1. The maximum Gasteiger partial charge on any atom is 0.241 e. The van der Waals surface area contributed by atoms with Crippen molar-refractivity contribution in [1.29, 1.82) is 0 Å². The molecule has 1 aliphatic rings. The van der Waals surface area contributed by atoms with Crippen molar-refractivity contribution in [3.8, 4) is 11.5 Å². The molecule has 38 heavy (non-hydrogen) atoms. The Bertz CT molecular complexity index is 1190. The topological polar surface area (TPSA) is 69.3 Å². The molecular formula is C29H32F2N2O5. The molecule has 9 heteroatoms. The quantitative estimate of drug-likeness (QED) is 0.331. The van der Waals surface area contributed by atoms with Crippen molar-refractivity contribution in [2.45, 2.75) is 25.7 Å². The van der Waals surface area contributed by atoms with Crippen LogP contribution in [0.3, 0.4) is 0 Å². The van der Waals surface area contributed by atoms with E-state index in [0.29, 0.717) is 37.7 Å². The first-order chi connectivity index (χ1) is 18.5. The minimum Gasteiger partial charge on any atom is -0.496 e. The molecule has 1 atom stereocenters. The summed E-state index contributed by atoms with van der Waals surface area (Å²) >= 11 is 0. The molecule has 1 amide bonds. The van der Waals surface area contributed by atoms with Gasteiger partial charge in [-0.2, -0.15) is 0 Å². The van der Waals surface area contributed by atoms with Gasteiger partial charge in [0, 0.05) is 24.2 Å². The Morgan fingerprint density at radius 1 is 0.947 bits per heavy atom. The van der Waals surface area contributed by atoms with E-state index >= 15 is 0 Å². The molecule has 1 saturated heterocycles. The lowest BCUT2D eigenvalue weighted by atomic mass is 10.1. The van der Waals surface area contributed by atoms with Gasteiger partial charge in [0.15, 0.2) is 11.6 Å². The van der Waals surface area contributed by atoms with Gasteiger partial charge in [-0.1, -0.05) is 24.3 Å². The summed E-state index contributed by atoms with van der Waals surface area (Å²) in [6.07, 6.45) is 0.727. The Balaban J connectivity index is 1.22. The Morgan fingerprint density at radius 2 is 1.76 bits per heavy atom. The predicted molar refractivity (Wildman–Crippen MR) is 139 cm³/mol. The van der Waals surface area contributed by atoms with E-state index in [1.165, 1.54) is 6.07 Å². The zero-order chi connectivity index (χ0) is 26.7. The molecular weight excluding hydrogens is 494 g/mol. The van der Waals surface area contributed by atoms with Crippen LogP contribution in [0.25, 0.3) is 0 Å². The Hall–Kier alpha value is -3.53. The van der Waals surface area contributed by atoms with Gasteiger partial charge in [0.2, 0.25) is 5.91 Å². The summed E-state index contributed by atoms with van der Waals surface area (Å²) in [5, 5.41) is 3.10. The molecule has 1 N–H and O–H groups in total. The number of carbonyl (C=O) groups excluding carboxylic acids is 1. The second-order valence-corrected chi connectivity index (χ2v) is 8.87. The minimum absolute atomic E-state index is 0.0708. The van der Waals surface area contributed by atoms with Crippen LogP contribution >= 0.6 is 0 Å². The first kappa shape index (κ1) is 27.5. The average Bonchev–Trinajstić information content (AvgIpc) is 2.93. The average molecular weight is 527 g/mol. The maximum atomic E-state index is 13.4. The monoisotopic (exact) mass is 526 g/mol. The first-order valence-electron chi connectivity index (χ1n) is 12.5. The van der Waals surface area contributed by atoms with Crippen LogP contribution in [0.15, 0.2) is 66.7 Å². The molecule has 3 aromatic rings. The summed E-state index contributed by atoms with van der Waals surface area (Å²) in [4.78, 5) is 14.4. The highest BCUT2D eigenvalue weighted by atomic mass is 19.2. The molecule has 0 bridgehead atoms. The van der Waals surface area contributed by atoms with Gasteiger partial charge in [-0.25, -0.2) is 8.78 Å². The molecule has 0 radical (unpaired) electrons. The number of rotatable bonds is 13. The van der Waals surface area contributed by atoms with E-state index < -0.39 is 11.6 Å². The number of methoxy groups -OCH3 is 1. The number of para-hydroxylation sites is 1. The van der Waals surface area contributed by atoms with Crippen LogP contribution in [0.1, 0.15) is 17.5 Å². The lowest BCUT2D eigenvalue weighted by Crippen LogP contribution is -2.57. The van der Waals surface area contributed by atoms with Crippen LogP contribution in [-0.2, 0) is 27.5 Å². The number of amides is 1. The van der Waals surface area contributed by atoms with Crippen LogP contribution in [0.2, 0.25) is 0 Å². The number of hydrogen-bond acceptors (Lipinski definition) is 6. The van der Waals surface area contributed by atoms with Crippen molar-refractivity contribution in [3.63, 3.8) is 0 Å². The number of carbonyl (C=O) groups is 1. The van der Waals surface area contributed by atoms with Crippen LogP contribution in [-0.4, -0.2) is 52.0 Å². The van der Waals surface area contributed by atoms with Crippen molar-refractivity contribution < 1.29 is 32.5 Å². The second kappa shape index (κ2) is 13.9. The summed E-state index contributed by atoms with van der Waals surface area (Å²) in [5.74, 6) is -0.369. The number of benzene rings is 3. The molecule has 0 unspecified atom stereocenters. The first-order valence-corrected chi connectivity index (χ1v) is 12.5. The van der Waals surface area contributed by atoms with Gasteiger partial charge in [0.25, 0.3) is 0 Å². The third-order valence-corrected chi connectivity index (χ3v) is 6.12. The minimum atomic E-state index is -0.912. The number of nitrogens with zero attached hydrogens (tertiary/aromatic N) is 1. The molecule has 3 aromatic carbocycles. The lowest BCUT2D eigenvalue weighted by Gasteiger charge is -2.36. The predicted octanol–water partition coefficient (Wildman–Crippen LogP) is 4.48. The van der Waals surface area contributed by atoms with Gasteiger partial charge in [0.1, 0.15) is 11.5 Å². The van der Waals surface area contributed by atoms with Gasteiger partial charge < -0.3 is 29.2 Å². The van der Waals surface area contributed by atoms with Crippen molar-refractivity contribution in [1.82, 2.24) is 5.32 Å². The van der Waals surface area contributed by atoms with E-state index in [4.69, 9.17) is 18.9 Å². The second-order valence-electron chi connectivity index (χ2n) is 8.87. The van der Waals surface area contributed by atoms with Gasteiger partial charge in [-0.05, 0) is 48.0 Å². The van der Waals surface area contributed by atoms with E-state index in [2.05, 4.69) is 5.32 Å². The Labute approximate surface area is 221 Å². The summed E-state index contributed by atoms with van der Waals surface area (Å²) in [5.41, 5.74) is 2.27. The van der Waals surface area contributed by atoms with Crippen molar-refractivity contribution >= 4 is 11.6 Å². The van der Waals surface area contributed by atoms with Gasteiger partial charge >= 0.3 is 0 Å². The molecule has 7 nitrogen and oxygen atoms in total. The molecule has 1 aliphatic heterocycles. The summed E-state index contributed by atoms with van der Waals surface area (Å²) < 4.78 is 49.2. The van der Waals surface area contributed by atoms with E-state index in [-0.39, 0.29) is 31.7 Å². The van der Waals surface area contributed by atoms with Crippen LogP contribution < -0.4 is 19.7 Å². The van der Waals surface area contributed by atoms with Crippen LogP contribution in [0, 0.1) is 11.6 Å². The highest BCUT2D eigenvalue weighted by Gasteiger charge is 2.29. The van der Waals surface area contributed by atoms with Gasteiger partial charge in [0.05, 0.1) is 52.7 Å². The number of piperazine rings is 1. The molecule has 1 heterocycles. The zero-order valence-corrected chi connectivity index (χ0v) is 21.3. The number of hydrogen-bond donors (Lipinski definition) is 1. The van der Waals surface area contributed by atoms with E-state index in [1.807, 2.05) is 48.5 Å². The summed E-state index contributed by atoms with van der Waals surface area (Å²) in [6, 6.07) is 18.5. The largest absolute Gasteiger partial charge is 0.496 e. The molecule has 4 rings (SSSR count). The summed E-state index contributed by atoms with van der Waals surface area (Å²) in [7, 11) is 1.64. The van der Waals surface area contributed by atoms with Gasteiger partial charge in [-0.3, -0.25) is 4.79 Å². The van der Waals surface area contributed by atoms with Crippen molar-refractivity contribution in [2.75, 3.05) is 44.9 Å². The molecule has 0 saturated carbocycles. The molecule has 202 valence electrons. The fourth-order valence-corrected chi connectivity index (χ4v) is 4.21. The summed E-state index contributed by atoms with van der Waals surface area (Å²) in [6.45, 7) is 2.67. The molecule has 0 spiro atoms. The van der Waals surface area contributed by atoms with Crippen LogP contribution in [0.4, 0.5) is 14.5 Å². The van der Waals surface area contributed by atoms with Crippen molar-refractivity contribution in [3.05, 3.63) is 89.5 Å². The Morgan fingerprint density at radius 3 is 2.55 bits per heavy atom. The van der Waals surface area contributed by atoms with E-state index in [9.17, 15) is 13.6 Å². The van der Waals surface area contributed by atoms with Gasteiger partial charge in [-0.15, -0.1) is 0 Å². The molecule has 0 aliphatic carbocycles. The van der Waals surface area contributed by atoms with Crippen molar-refractivity contribution in [2.24, 2.45) is 0 Å². The van der Waals surface area contributed by atoms with E-state index in [1.54, 1.807) is 12.0 Å². The molecule has 0 aromatic heterocycles. The smallest absolute Gasteiger partial charge is 0.241 e. The zero-order valence-electron chi connectivity index (χ0n) is 21.3. The Kier molecular flexibility index (Phi) is 10.0. The third kappa shape index (κ3) is 7.50. The highest BCUT2D eigenvalue weighted by Crippen LogP contribution is 2.24. The highest BCUT2D eigenvalue weighted by molar-refractivity contribution is 5.96. The van der Waals surface area contributed by atoms with Crippen LogP contribution in [0.5, 0.6) is 11.5 Å². The SMILES string of the molecule is COc1ccccc1COCCCOc1ccc(N2C(=O)CNC[C@@H]2COCc2ccc(F)c(F)c2)cc1. The maximum absolute atomic E-state index is 13.4. The molecule has 1 fully saturated rings. The fourth-order valence-electron chi connectivity index (χ4n) is 4.21. The number of ether oxygens (including phenoxy) is 4. The number of anilines is 1. The number of halogens is 2. The van der Waals surface area contributed by atoms with E-state index in [0.717, 1.165) is 35.6 Å². The lowest BCUT2D eigenvalue weighted by molar-refractivity contribution is -0.119. The standard InChI is InChI=1S/C29H32F2N2O5/c1-35-28-6-3-2-5-22(28)19-36-13-4-14-38-25-10-8-23(9-11-25)33-24(16-32-17-29(33)34)20-37-18-21-7-12-26(30)27(31)15-21/h2-3,5-12,15,24,32H,4,13-14,16-20H2,1H3/t24-/m1/s1. The fraction of sp³-hybridized carbons (Fsp3) is 0.345. The third-order valence-electron chi connectivity index (χ3n) is 6.12. The normalized spacial score (nSPS) is 15.5.